The van der Waals surface area contributed by atoms with Gasteiger partial charge in [-0.3, -0.25) is 4.90 Å². The Morgan fingerprint density at radius 1 is 1.44 bits per heavy atom. The van der Waals surface area contributed by atoms with Gasteiger partial charge in [-0.05, 0) is 19.4 Å². The summed E-state index contributed by atoms with van der Waals surface area (Å²) in [6.45, 7) is 9.04. The van der Waals surface area contributed by atoms with Crippen LogP contribution in [0.1, 0.15) is 51.7 Å². The first-order valence-corrected chi connectivity index (χ1v) is 6.90. The smallest absolute Gasteiger partial charge is 0.208 e. The largest absolute Gasteiger partial charge is 0.444 e. The van der Waals surface area contributed by atoms with Gasteiger partial charge in [-0.25, -0.2) is 4.98 Å². The highest BCUT2D eigenvalue weighted by atomic mass is 16.4. The second-order valence-electron chi connectivity index (χ2n) is 6.22. The molecular weight excluding hydrogens is 226 g/mol. The van der Waals surface area contributed by atoms with Gasteiger partial charge in [0.25, 0.3) is 0 Å². The molecule has 1 saturated heterocycles. The van der Waals surface area contributed by atoms with Crippen LogP contribution < -0.4 is 5.73 Å². The summed E-state index contributed by atoms with van der Waals surface area (Å²) in [5.41, 5.74) is 5.86. The van der Waals surface area contributed by atoms with Crippen molar-refractivity contribution < 1.29 is 4.42 Å². The lowest BCUT2D eigenvalue weighted by Gasteiger charge is -2.33. The molecule has 0 saturated carbocycles. The average Bonchev–Trinajstić information content (AvgIpc) is 2.78. The van der Waals surface area contributed by atoms with E-state index < -0.39 is 0 Å². The second kappa shape index (κ2) is 5.41. The fraction of sp³-hybridized carbons (Fsp3) is 0.786. The molecule has 0 aliphatic carbocycles. The van der Waals surface area contributed by atoms with Crippen LogP contribution in [0, 0.1) is 0 Å². The van der Waals surface area contributed by atoms with Gasteiger partial charge >= 0.3 is 0 Å². The third-order valence-corrected chi connectivity index (χ3v) is 3.65. The lowest BCUT2D eigenvalue weighted by molar-refractivity contribution is 0.130. The van der Waals surface area contributed by atoms with Crippen LogP contribution in [0.3, 0.4) is 0 Å². The highest BCUT2D eigenvalue weighted by Gasteiger charge is 2.24. The first-order valence-electron chi connectivity index (χ1n) is 6.90. The molecule has 1 aliphatic rings. The summed E-state index contributed by atoms with van der Waals surface area (Å²) in [5, 5.41) is 0. The fourth-order valence-electron chi connectivity index (χ4n) is 2.44. The topological polar surface area (TPSA) is 55.3 Å². The molecule has 1 fully saturated rings. The predicted molar refractivity (Wildman–Crippen MR) is 72.3 cm³/mol. The average molecular weight is 251 g/mol. The zero-order valence-corrected chi connectivity index (χ0v) is 11.8. The van der Waals surface area contributed by atoms with E-state index in [2.05, 4.69) is 30.7 Å². The van der Waals surface area contributed by atoms with Crippen molar-refractivity contribution in [3.8, 4) is 0 Å². The molecule has 18 heavy (non-hydrogen) atoms. The van der Waals surface area contributed by atoms with Crippen LogP contribution >= 0.6 is 0 Å². The Balaban J connectivity index is 2.02. The Labute approximate surface area is 110 Å². The van der Waals surface area contributed by atoms with E-state index in [0.717, 1.165) is 31.3 Å². The van der Waals surface area contributed by atoms with Crippen LogP contribution in [0.15, 0.2) is 10.6 Å². The summed E-state index contributed by atoms with van der Waals surface area (Å²) in [6.07, 6.45) is 5.60. The number of likely N-dealkylation sites (tertiary alicyclic amines) is 1. The Kier molecular flexibility index (Phi) is 4.07. The van der Waals surface area contributed by atoms with E-state index in [1.54, 1.807) is 0 Å². The van der Waals surface area contributed by atoms with Gasteiger partial charge in [0.1, 0.15) is 5.76 Å². The number of hydrogen-bond acceptors (Lipinski definition) is 4. The SMILES string of the molecule is CC(C)(C)c1cnc(CN2CCCCC2CN)o1. The van der Waals surface area contributed by atoms with Gasteiger partial charge in [0.2, 0.25) is 5.89 Å². The number of nitrogens with two attached hydrogens (primary N) is 1. The maximum atomic E-state index is 5.85. The highest BCUT2D eigenvalue weighted by Crippen LogP contribution is 2.24. The molecular formula is C14H25N3O. The lowest BCUT2D eigenvalue weighted by Crippen LogP contribution is -2.43. The van der Waals surface area contributed by atoms with Crippen LogP contribution in [0.25, 0.3) is 0 Å². The van der Waals surface area contributed by atoms with Crippen LogP contribution in [0.2, 0.25) is 0 Å². The molecule has 1 atom stereocenters. The van der Waals surface area contributed by atoms with E-state index in [0.29, 0.717) is 6.04 Å². The van der Waals surface area contributed by atoms with Gasteiger partial charge in [-0.2, -0.15) is 0 Å². The molecule has 0 spiro atoms. The molecule has 2 N–H and O–H groups in total. The van der Waals surface area contributed by atoms with Gasteiger partial charge in [-0.1, -0.05) is 27.2 Å². The summed E-state index contributed by atoms with van der Waals surface area (Å²) in [7, 11) is 0. The fourth-order valence-corrected chi connectivity index (χ4v) is 2.44. The van der Waals surface area contributed by atoms with Gasteiger partial charge in [0, 0.05) is 18.0 Å². The van der Waals surface area contributed by atoms with Crippen molar-refractivity contribution in [2.75, 3.05) is 13.1 Å². The molecule has 102 valence electrons. The minimum atomic E-state index is 0.0282. The van der Waals surface area contributed by atoms with Crippen LogP contribution in [-0.4, -0.2) is 29.0 Å². The van der Waals surface area contributed by atoms with Crippen molar-refractivity contribution in [1.82, 2.24) is 9.88 Å². The first-order chi connectivity index (χ1) is 8.50. The number of aromatic nitrogens is 1. The molecule has 1 aliphatic heterocycles. The Bertz CT molecular complexity index is 381. The van der Waals surface area contributed by atoms with Crippen LogP contribution in [-0.2, 0) is 12.0 Å². The summed E-state index contributed by atoms with van der Waals surface area (Å²) >= 11 is 0. The molecule has 0 aromatic carbocycles. The van der Waals surface area contributed by atoms with Crippen molar-refractivity contribution in [3.63, 3.8) is 0 Å². The molecule has 1 unspecified atom stereocenters. The van der Waals surface area contributed by atoms with E-state index in [1.165, 1.54) is 19.3 Å². The van der Waals surface area contributed by atoms with Crippen molar-refractivity contribution in [1.29, 1.82) is 0 Å². The third kappa shape index (κ3) is 3.12. The monoisotopic (exact) mass is 251 g/mol. The molecule has 4 nitrogen and oxygen atoms in total. The van der Waals surface area contributed by atoms with E-state index in [4.69, 9.17) is 10.2 Å². The highest BCUT2D eigenvalue weighted by molar-refractivity contribution is 5.06. The van der Waals surface area contributed by atoms with E-state index in [-0.39, 0.29) is 5.41 Å². The van der Waals surface area contributed by atoms with Crippen molar-refractivity contribution in [2.45, 2.75) is 58.0 Å². The summed E-state index contributed by atoms with van der Waals surface area (Å²) in [6, 6.07) is 0.490. The van der Waals surface area contributed by atoms with E-state index in [9.17, 15) is 0 Å². The maximum absolute atomic E-state index is 5.85. The zero-order chi connectivity index (χ0) is 13.2. The quantitative estimate of drug-likeness (QED) is 0.895. The molecule has 1 aromatic rings. The van der Waals surface area contributed by atoms with Gasteiger partial charge in [-0.15, -0.1) is 0 Å². The summed E-state index contributed by atoms with van der Waals surface area (Å²) < 4.78 is 5.85. The number of rotatable bonds is 3. The van der Waals surface area contributed by atoms with Crippen LogP contribution in [0.4, 0.5) is 0 Å². The predicted octanol–water partition coefficient (Wildman–Crippen LogP) is 2.29. The van der Waals surface area contributed by atoms with Crippen LogP contribution in [0.5, 0.6) is 0 Å². The first kappa shape index (κ1) is 13.6. The zero-order valence-electron chi connectivity index (χ0n) is 11.8. The minimum absolute atomic E-state index is 0.0282. The molecule has 2 rings (SSSR count). The Hall–Kier alpha value is -0.870. The van der Waals surface area contributed by atoms with Crippen molar-refractivity contribution in [3.05, 3.63) is 17.8 Å². The van der Waals surface area contributed by atoms with E-state index in [1.807, 2.05) is 6.20 Å². The molecule has 1 aromatic heterocycles. The summed E-state index contributed by atoms with van der Waals surface area (Å²) in [5.74, 6) is 1.78. The number of nitrogens with zero attached hydrogens (tertiary/aromatic N) is 2. The number of hydrogen-bond donors (Lipinski definition) is 1. The minimum Gasteiger partial charge on any atom is -0.444 e. The molecule has 0 radical (unpaired) electrons. The van der Waals surface area contributed by atoms with Crippen molar-refractivity contribution in [2.24, 2.45) is 5.73 Å². The molecule has 2 heterocycles. The van der Waals surface area contributed by atoms with Gasteiger partial charge < -0.3 is 10.2 Å². The van der Waals surface area contributed by atoms with E-state index >= 15 is 0 Å². The number of piperidine rings is 1. The summed E-state index contributed by atoms with van der Waals surface area (Å²) in [4.78, 5) is 6.80. The molecule has 4 heteroatoms. The third-order valence-electron chi connectivity index (χ3n) is 3.65. The lowest BCUT2D eigenvalue weighted by atomic mass is 9.94. The standard InChI is InChI=1S/C14H25N3O/c1-14(2,3)12-9-16-13(18-12)10-17-7-5-4-6-11(17)8-15/h9,11H,4-8,10,15H2,1-3H3. The Morgan fingerprint density at radius 2 is 2.22 bits per heavy atom. The normalized spacial score (nSPS) is 22.3. The second-order valence-corrected chi connectivity index (χ2v) is 6.22. The Morgan fingerprint density at radius 3 is 2.83 bits per heavy atom. The molecule has 0 bridgehead atoms. The van der Waals surface area contributed by atoms with Gasteiger partial charge in [0.05, 0.1) is 12.7 Å². The van der Waals surface area contributed by atoms with Gasteiger partial charge in [0.15, 0.2) is 0 Å². The number of oxazole rings is 1. The molecule has 0 amide bonds. The maximum Gasteiger partial charge on any atom is 0.208 e. The van der Waals surface area contributed by atoms with Crippen molar-refractivity contribution >= 4 is 0 Å².